The van der Waals surface area contributed by atoms with Gasteiger partial charge in [0.15, 0.2) is 0 Å². The SMILES string of the molecule is Cl.NC1CCN(S(=O)(=O)c2ccc(Br)c(F)c2)C1. The van der Waals surface area contributed by atoms with Crippen LogP contribution in [0.25, 0.3) is 0 Å². The van der Waals surface area contributed by atoms with Gasteiger partial charge in [0.05, 0.1) is 9.37 Å². The van der Waals surface area contributed by atoms with Gasteiger partial charge in [-0.15, -0.1) is 12.4 Å². The largest absolute Gasteiger partial charge is 0.326 e. The van der Waals surface area contributed by atoms with Crippen molar-refractivity contribution in [2.24, 2.45) is 5.73 Å². The Labute approximate surface area is 120 Å². The van der Waals surface area contributed by atoms with Crippen molar-refractivity contribution in [1.29, 1.82) is 0 Å². The first-order valence-electron chi connectivity index (χ1n) is 5.12. The molecule has 2 N–H and O–H groups in total. The molecule has 4 nitrogen and oxygen atoms in total. The van der Waals surface area contributed by atoms with Gasteiger partial charge in [-0.05, 0) is 40.5 Å². The summed E-state index contributed by atoms with van der Waals surface area (Å²) < 4.78 is 39.1. The molecule has 1 heterocycles. The molecule has 0 spiro atoms. The molecule has 0 radical (unpaired) electrons. The van der Waals surface area contributed by atoms with Gasteiger partial charge in [-0.3, -0.25) is 0 Å². The van der Waals surface area contributed by atoms with E-state index in [1.165, 1.54) is 16.4 Å². The van der Waals surface area contributed by atoms with Crippen LogP contribution in [-0.2, 0) is 10.0 Å². The minimum absolute atomic E-state index is 0. The van der Waals surface area contributed by atoms with E-state index in [1.54, 1.807) is 0 Å². The van der Waals surface area contributed by atoms with Gasteiger partial charge in [0.2, 0.25) is 10.0 Å². The molecule has 1 unspecified atom stereocenters. The number of hydrogen-bond donors (Lipinski definition) is 1. The van der Waals surface area contributed by atoms with Crippen LogP contribution in [-0.4, -0.2) is 31.9 Å². The smallest absolute Gasteiger partial charge is 0.243 e. The quantitative estimate of drug-likeness (QED) is 0.875. The van der Waals surface area contributed by atoms with E-state index in [0.717, 1.165) is 6.07 Å². The van der Waals surface area contributed by atoms with Gasteiger partial charge in [-0.1, -0.05) is 0 Å². The van der Waals surface area contributed by atoms with Crippen LogP contribution in [0.4, 0.5) is 4.39 Å². The highest BCUT2D eigenvalue weighted by molar-refractivity contribution is 9.10. The van der Waals surface area contributed by atoms with Crippen molar-refractivity contribution >= 4 is 38.4 Å². The maximum atomic E-state index is 13.3. The molecule has 8 heteroatoms. The Kier molecular flexibility index (Phi) is 5.13. The summed E-state index contributed by atoms with van der Waals surface area (Å²) in [6, 6.07) is 3.65. The number of sulfonamides is 1. The second-order valence-corrected chi connectivity index (χ2v) is 6.78. The molecule has 1 aromatic rings. The lowest BCUT2D eigenvalue weighted by atomic mass is 10.3. The molecule has 0 aromatic heterocycles. The topological polar surface area (TPSA) is 63.4 Å². The normalized spacial score (nSPS) is 20.7. The molecular weight excluding hydrogens is 347 g/mol. The lowest BCUT2D eigenvalue weighted by Crippen LogP contribution is -2.32. The second kappa shape index (κ2) is 5.83. The van der Waals surface area contributed by atoms with E-state index in [9.17, 15) is 12.8 Å². The number of nitrogens with two attached hydrogens (primary N) is 1. The molecule has 0 saturated carbocycles. The molecule has 1 aliphatic heterocycles. The van der Waals surface area contributed by atoms with Crippen LogP contribution in [0.1, 0.15) is 6.42 Å². The Morgan fingerprint density at radius 2 is 2.11 bits per heavy atom. The number of nitrogens with zero attached hydrogens (tertiary/aromatic N) is 1. The predicted molar refractivity (Wildman–Crippen MR) is 72.7 cm³/mol. The maximum absolute atomic E-state index is 13.3. The Morgan fingerprint density at radius 3 is 2.61 bits per heavy atom. The molecule has 0 aliphatic carbocycles. The first kappa shape index (κ1) is 15.8. The molecule has 0 amide bonds. The van der Waals surface area contributed by atoms with E-state index in [-0.39, 0.29) is 27.8 Å². The van der Waals surface area contributed by atoms with Crippen molar-refractivity contribution < 1.29 is 12.8 Å². The summed E-state index contributed by atoms with van der Waals surface area (Å²) in [5.74, 6) is -0.588. The summed E-state index contributed by atoms with van der Waals surface area (Å²) in [6.07, 6.45) is 0.637. The van der Waals surface area contributed by atoms with Crippen LogP contribution in [0.3, 0.4) is 0 Å². The monoisotopic (exact) mass is 358 g/mol. The number of hydrogen-bond acceptors (Lipinski definition) is 3. The van der Waals surface area contributed by atoms with Crippen molar-refractivity contribution in [3.8, 4) is 0 Å². The van der Waals surface area contributed by atoms with Crippen molar-refractivity contribution in [2.75, 3.05) is 13.1 Å². The maximum Gasteiger partial charge on any atom is 0.243 e. The molecule has 1 saturated heterocycles. The van der Waals surface area contributed by atoms with Crippen LogP contribution in [0, 0.1) is 5.82 Å². The van der Waals surface area contributed by atoms with Gasteiger partial charge in [-0.25, -0.2) is 12.8 Å². The summed E-state index contributed by atoms with van der Waals surface area (Å²) in [5.41, 5.74) is 5.67. The van der Waals surface area contributed by atoms with Gasteiger partial charge >= 0.3 is 0 Å². The summed E-state index contributed by atoms with van der Waals surface area (Å²) in [7, 11) is -3.62. The highest BCUT2D eigenvalue weighted by atomic mass is 79.9. The second-order valence-electron chi connectivity index (χ2n) is 3.99. The van der Waals surface area contributed by atoms with Crippen molar-refractivity contribution in [1.82, 2.24) is 4.31 Å². The summed E-state index contributed by atoms with van der Waals surface area (Å²) in [6.45, 7) is 0.682. The molecule has 0 bridgehead atoms. The molecular formula is C10H13BrClFN2O2S. The van der Waals surface area contributed by atoms with Gasteiger partial charge in [0.1, 0.15) is 5.82 Å². The summed E-state index contributed by atoms with van der Waals surface area (Å²) in [5, 5.41) is 0. The van der Waals surface area contributed by atoms with Gasteiger partial charge in [0.25, 0.3) is 0 Å². The van der Waals surface area contributed by atoms with E-state index in [1.807, 2.05) is 0 Å². The third kappa shape index (κ3) is 3.03. The standard InChI is InChI=1S/C10H12BrFN2O2S.ClH/c11-9-2-1-8(5-10(9)12)17(15,16)14-4-3-7(13)6-14;/h1-2,5,7H,3-4,6,13H2;1H. The lowest BCUT2D eigenvalue weighted by Gasteiger charge is -2.16. The van der Waals surface area contributed by atoms with Crippen LogP contribution < -0.4 is 5.73 Å². The average molecular weight is 360 g/mol. The number of halogens is 3. The molecule has 102 valence electrons. The lowest BCUT2D eigenvalue weighted by molar-refractivity contribution is 0.471. The van der Waals surface area contributed by atoms with Gasteiger partial charge in [0, 0.05) is 19.1 Å². The summed E-state index contributed by atoms with van der Waals surface area (Å²) >= 11 is 2.99. The summed E-state index contributed by atoms with van der Waals surface area (Å²) in [4.78, 5) is -0.0349. The fraction of sp³-hybridized carbons (Fsp3) is 0.400. The first-order chi connectivity index (χ1) is 7.91. The Bertz CT molecular complexity index is 541. The number of rotatable bonds is 2. The van der Waals surface area contributed by atoms with E-state index in [0.29, 0.717) is 19.5 Å². The Balaban J connectivity index is 0.00000162. The van der Waals surface area contributed by atoms with E-state index in [2.05, 4.69) is 15.9 Å². The molecule has 1 atom stereocenters. The zero-order valence-corrected chi connectivity index (χ0v) is 12.6. The van der Waals surface area contributed by atoms with Crippen molar-refractivity contribution in [2.45, 2.75) is 17.4 Å². The van der Waals surface area contributed by atoms with E-state index < -0.39 is 15.8 Å². The van der Waals surface area contributed by atoms with Crippen LogP contribution >= 0.6 is 28.3 Å². The minimum atomic E-state index is -3.62. The highest BCUT2D eigenvalue weighted by Crippen LogP contribution is 2.24. The molecule has 1 aromatic carbocycles. The molecule has 1 aliphatic rings. The minimum Gasteiger partial charge on any atom is -0.326 e. The third-order valence-electron chi connectivity index (χ3n) is 2.72. The van der Waals surface area contributed by atoms with Gasteiger partial charge < -0.3 is 5.73 Å². The molecule has 1 fully saturated rings. The van der Waals surface area contributed by atoms with Gasteiger partial charge in [-0.2, -0.15) is 4.31 Å². The number of benzene rings is 1. The predicted octanol–water partition coefficient (Wildman–Crippen LogP) is 1.73. The fourth-order valence-electron chi connectivity index (χ4n) is 1.76. The third-order valence-corrected chi connectivity index (χ3v) is 5.22. The Hall–Kier alpha value is -0.210. The zero-order chi connectivity index (χ0) is 12.6. The zero-order valence-electron chi connectivity index (χ0n) is 9.34. The first-order valence-corrected chi connectivity index (χ1v) is 7.35. The van der Waals surface area contributed by atoms with E-state index >= 15 is 0 Å². The highest BCUT2D eigenvalue weighted by Gasteiger charge is 2.31. The van der Waals surface area contributed by atoms with Crippen LogP contribution in [0.5, 0.6) is 0 Å². The van der Waals surface area contributed by atoms with Crippen molar-refractivity contribution in [3.05, 3.63) is 28.5 Å². The fourth-order valence-corrected chi connectivity index (χ4v) is 3.53. The Morgan fingerprint density at radius 1 is 1.44 bits per heavy atom. The van der Waals surface area contributed by atoms with Crippen LogP contribution in [0.15, 0.2) is 27.6 Å². The van der Waals surface area contributed by atoms with Crippen LogP contribution in [0.2, 0.25) is 0 Å². The average Bonchev–Trinajstić information content (AvgIpc) is 2.69. The van der Waals surface area contributed by atoms with E-state index in [4.69, 9.17) is 5.73 Å². The van der Waals surface area contributed by atoms with Crippen molar-refractivity contribution in [3.63, 3.8) is 0 Å². The molecule has 2 rings (SSSR count). The molecule has 18 heavy (non-hydrogen) atoms.